The summed E-state index contributed by atoms with van der Waals surface area (Å²) in [5, 5.41) is 3.60. The third-order valence-electron chi connectivity index (χ3n) is 4.87. The lowest BCUT2D eigenvalue weighted by Crippen LogP contribution is -2.45. The molecule has 3 nitrogen and oxygen atoms in total. The van der Waals surface area contributed by atoms with Crippen LogP contribution in [-0.4, -0.2) is 25.3 Å². The fourth-order valence-corrected chi connectivity index (χ4v) is 3.66. The number of piperidine rings is 1. The van der Waals surface area contributed by atoms with Crippen molar-refractivity contribution in [3.63, 3.8) is 0 Å². The molecule has 0 radical (unpaired) electrons. The normalized spacial score (nSPS) is 25.8. The van der Waals surface area contributed by atoms with E-state index < -0.39 is 5.79 Å². The molecule has 2 fully saturated rings. The average Bonchev–Trinajstić information content (AvgIpc) is 3.11. The summed E-state index contributed by atoms with van der Waals surface area (Å²) < 4.78 is 12.9. The summed E-state index contributed by atoms with van der Waals surface area (Å²) in [7, 11) is 0. The molecule has 0 bridgehead atoms. The van der Waals surface area contributed by atoms with Gasteiger partial charge in [-0.25, -0.2) is 0 Å². The first-order chi connectivity index (χ1) is 11.4. The highest BCUT2D eigenvalue weighted by Crippen LogP contribution is 2.41. The van der Waals surface area contributed by atoms with Crippen LogP contribution in [0.25, 0.3) is 0 Å². The van der Waals surface area contributed by atoms with Crippen molar-refractivity contribution in [2.75, 3.05) is 13.2 Å². The lowest BCUT2D eigenvalue weighted by atomic mass is 9.97. The third kappa shape index (κ3) is 3.22. The SMILES string of the molecule is Cl.c1ccc(C2(c3ccccc3)OC[C@@H]([C@H]3CCCCN3)O2)cc1. The zero-order valence-corrected chi connectivity index (χ0v) is 14.5. The zero-order chi connectivity index (χ0) is 15.5. The van der Waals surface area contributed by atoms with Gasteiger partial charge in [0.15, 0.2) is 0 Å². The Bertz CT molecular complexity index is 589. The molecule has 0 amide bonds. The molecule has 0 saturated carbocycles. The van der Waals surface area contributed by atoms with Gasteiger partial charge in [-0.3, -0.25) is 0 Å². The minimum absolute atomic E-state index is 0. The summed E-state index contributed by atoms with van der Waals surface area (Å²) in [6, 6.07) is 20.9. The molecule has 4 heteroatoms. The Morgan fingerprint density at radius 3 is 2.04 bits per heavy atom. The first-order valence-corrected chi connectivity index (χ1v) is 8.55. The van der Waals surface area contributed by atoms with Crippen molar-refractivity contribution in [1.82, 2.24) is 5.32 Å². The summed E-state index contributed by atoms with van der Waals surface area (Å²) in [6.45, 7) is 1.70. The van der Waals surface area contributed by atoms with Gasteiger partial charge in [-0.1, -0.05) is 67.1 Å². The fourth-order valence-electron chi connectivity index (χ4n) is 3.66. The van der Waals surface area contributed by atoms with Gasteiger partial charge in [0.25, 0.3) is 0 Å². The number of ether oxygens (including phenoxy) is 2. The number of nitrogens with one attached hydrogen (secondary N) is 1. The van der Waals surface area contributed by atoms with E-state index in [1.165, 1.54) is 12.8 Å². The minimum Gasteiger partial charge on any atom is -0.339 e. The van der Waals surface area contributed by atoms with E-state index >= 15 is 0 Å². The average molecular weight is 346 g/mol. The van der Waals surface area contributed by atoms with Crippen LogP contribution in [0.3, 0.4) is 0 Å². The van der Waals surface area contributed by atoms with Crippen molar-refractivity contribution in [3.8, 4) is 0 Å². The van der Waals surface area contributed by atoms with Crippen molar-refractivity contribution >= 4 is 12.4 Å². The van der Waals surface area contributed by atoms with Crippen molar-refractivity contribution < 1.29 is 9.47 Å². The summed E-state index contributed by atoms with van der Waals surface area (Å²) >= 11 is 0. The summed E-state index contributed by atoms with van der Waals surface area (Å²) in [5.74, 6) is -0.785. The fraction of sp³-hybridized carbons (Fsp3) is 0.400. The minimum atomic E-state index is -0.785. The molecule has 24 heavy (non-hydrogen) atoms. The largest absolute Gasteiger partial charge is 0.339 e. The summed E-state index contributed by atoms with van der Waals surface area (Å²) in [6.07, 6.45) is 3.78. The van der Waals surface area contributed by atoms with Crippen LogP contribution in [0.15, 0.2) is 60.7 Å². The lowest BCUT2D eigenvalue weighted by Gasteiger charge is -2.32. The van der Waals surface area contributed by atoms with Crippen molar-refractivity contribution in [1.29, 1.82) is 0 Å². The molecule has 2 heterocycles. The highest BCUT2D eigenvalue weighted by molar-refractivity contribution is 5.85. The predicted octanol–water partition coefficient (Wildman–Crippen LogP) is 3.87. The van der Waals surface area contributed by atoms with Gasteiger partial charge < -0.3 is 14.8 Å². The van der Waals surface area contributed by atoms with Crippen LogP contribution in [-0.2, 0) is 15.3 Å². The molecule has 2 aliphatic heterocycles. The van der Waals surface area contributed by atoms with Crippen LogP contribution in [0.2, 0.25) is 0 Å². The second kappa shape index (κ2) is 7.66. The first kappa shape index (κ1) is 17.4. The Balaban J connectivity index is 0.00000169. The van der Waals surface area contributed by atoms with E-state index in [2.05, 4.69) is 29.6 Å². The molecule has 1 N–H and O–H groups in total. The molecule has 2 aromatic rings. The van der Waals surface area contributed by atoms with Gasteiger partial charge in [0.05, 0.1) is 6.61 Å². The summed E-state index contributed by atoms with van der Waals surface area (Å²) in [4.78, 5) is 0. The molecule has 2 aromatic carbocycles. The van der Waals surface area contributed by atoms with Crippen LogP contribution in [0.4, 0.5) is 0 Å². The van der Waals surface area contributed by atoms with Crippen LogP contribution in [0, 0.1) is 0 Å². The van der Waals surface area contributed by atoms with Crippen LogP contribution in [0.1, 0.15) is 30.4 Å². The molecule has 2 atom stereocenters. The summed E-state index contributed by atoms with van der Waals surface area (Å²) in [5.41, 5.74) is 2.12. The van der Waals surface area contributed by atoms with Crippen molar-refractivity contribution in [2.24, 2.45) is 0 Å². The maximum Gasteiger partial charge on any atom is 0.222 e. The van der Waals surface area contributed by atoms with Crippen LogP contribution >= 0.6 is 12.4 Å². The molecular formula is C20H24ClNO2. The quantitative estimate of drug-likeness (QED) is 0.916. The highest BCUT2D eigenvalue weighted by atomic mass is 35.5. The van der Waals surface area contributed by atoms with E-state index in [0.29, 0.717) is 12.6 Å². The second-order valence-electron chi connectivity index (χ2n) is 6.37. The van der Waals surface area contributed by atoms with E-state index in [4.69, 9.17) is 9.47 Å². The Hall–Kier alpha value is -1.39. The van der Waals surface area contributed by atoms with E-state index in [-0.39, 0.29) is 18.5 Å². The molecule has 0 aromatic heterocycles. The van der Waals surface area contributed by atoms with Gasteiger partial charge in [0.2, 0.25) is 5.79 Å². The number of rotatable bonds is 3. The molecule has 0 unspecified atom stereocenters. The van der Waals surface area contributed by atoms with Gasteiger partial charge in [0, 0.05) is 17.2 Å². The Morgan fingerprint density at radius 2 is 1.50 bits per heavy atom. The molecule has 2 aliphatic rings. The zero-order valence-electron chi connectivity index (χ0n) is 13.7. The molecule has 0 spiro atoms. The van der Waals surface area contributed by atoms with Gasteiger partial charge in [-0.2, -0.15) is 0 Å². The molecule has 0 aliphatic carbocycles. The molecule has 128 valence electrons. The standard InChI is InChI=1S/C20H23NO2.ClH/c1-3-9-16(10-4-1)20(17-11-5-2-6-12-17)22-15-19(23-20)18-13-7-8-14-21-18;/h1-6,9-12,18-19,21H,7-8,13-15H2;1H/t18-,19+;/m1./s1. The van der Waals surface area contributed by atoms with Gasteiger partial charge >= 0.3 is 0 Å². The second-order valence-corrected chi connectivity index (χ2v) is 6.37. The van der Waals surface area contributed by atoms with Crippen LogP contribution < -0.4 is 5.32 Å². The predicted molar refractivity (Wildman–Crippen MR) is 97.4 cm³/mol. The third-order valence-corrected chi connectivity index (χ3v) is 4.87. The molecule has 2 saturated heterocycles. The lowest BCUT2D eigenvalue weighted by molar-refractivity contribution is -0.146. The Kier molecular flexibility index (Phi) is 5.57. The van der Waals surface area contributed by atoms with E-state index in [9.17, 15) is 0 Å². The number of hydrogen-bond acceptors (Lipinski definition) is 3. The maximum atomic E-state index is 6.58. The number of hydrogen-bond donors (Lipinski definition) is 1. The van der Waals surface area contributed by atoms with Gasteiger partial charge in [-0.15, -0.1) is 12.4 Å². The smallest absolute Gasteiger partial charge is 0.222 e. The van der Waals surface area contributed by atoms with E-state index in [1.54, 1.807) is 0 Å². The molecule has 4 rings (SSSR count). The van der Waals surface area contributed by atoms with Crippen LogP contribution in [0.5, 0.6) is 0 Å². The molecular weight excluding hydrogens is 322 g/mol. The highest BCUT2D eigenvalue weighted by Gasteiger charge is 2.47. The monoisotopic (exact) mass is 345 g/mol. The van der Waals surface area contributed by atoms with E-state index in [1.807, 2.05) is 36.4 Å². The van der Waals surface area contributed by atoms with Crippen molar-refractivity contribution in [3.05, 3.63) is 71.8 Å². The Labute approximate surface area is 149 Å². The van der Waals surface area contributed by atoms with Gasteiger partial charge in [0.1, 0.15) is 6.10 Å². The first-order valence-electron chi connectivity index (χ1n) is 8.55. The topological polar surface area (TPSA) is 30.5 Å². The van der Waals surface area contributed by atoms with E-state index in [0.717, 1.165) is 24.1 Å². The maximum absolute atomic E-state index is 6.58. The number of benzene rings is 2. The van der Waals surface area contributed by atoms with Crippen molar-refractivity contribution in [2.45, 2.75) is 37.2 Å². The Morgan fingerprint density at radius 1 is 0.875 bits per heavy atom. The van der Waals surface area contributed by atoms with Gasteiger partial charge in [-0.05, 0) is 19.4 Å². The number of halogens is 1.